The summed E-state index contributed by atoms with van der Waals surface area (Å²) in [5, 5.41) is 5.30. The number of rotatable bonds is 4. The van der Waals surface area contributed by atoms with Crippen LogP contribution >= 0.6 is 50.7 Å². The number of ether oxygens (including phenoxy) is 1. The minimum absolute atomic E-state index is 0.279. The molecular weight excluding hydrogens is 386 g/mol. The average Bonchev–Trinajstić information content (AvgIpc) is 2.62. The second kappa shape index (κ2) is 6.56. The van der Waals surface area contributed by atoms with Crippen molar-refractivity contribution in [2.24, 2.45) is 7.05 Å². The Labute approximate surface area is 140 Å². The normalized spacial score (nSPS) is 10.9. The monoisotopic (exact) mass is 396 g/mol. The summed E-state index contributed by atoms with van der Waals surface area (Å²) in [5.74, 6) is 0.832. The van der Waals surface area contributed by atoms with Crippen LogP contribution in [0.4, 0.5) is 0 Å². The molecular formula is C13H12BrCl3N2O. The zero-order chi connectivity index (χ0) is 14.9. The van der Waals surface area contributed by atoms with Crippen molar-refractivity contribution >= 4 is 50.7 Å². The largest absolute Gasteiger partial charge is 0.485 e. The molecule has 1 aromatic heterocycles. The standard InChI is InChI=1S/C13H12BrCl3N2O/c1-7-12(14)11(19(2)18-7)6-20-13-8(5-15)3-9(16)4-10(13)17/h3-4H,5-6H2,1-2H3. The molecule has 20 heavy (non-hydrogen) atoms. The molecule has 0 radical (unpaired) electrons. The fraction of sp³-hybridized carbons (Fsp3) is 0.308. The number of hydrogen-bond acceptors (Lipinski definition) is 2. The summed E-state index contributed by atoms with van der Waals surface area (Å²) in [6.07, 6.45) is 0. The number of aryl methyl sites for hydroxylation is 2. The molecule has 1 heterocycles. The van der Waals surface area contributed by atoms with E-state index in [-0.39, 0.29) is 5.88 Å². The molecule has 0 aliphatic carbocycles. The van der Waals surface area contributed by atoms with Crippen molar-refractivity contribution in [1.29, 1.82) is 0 Å². The summed E-state index contributed by atoms with van der Waals surface area (Å²) in [6, 6.07) is 3.39. The van der Waals surface area contributed by atoms with Crippen LogP contribution in [-0.4, -0.2) is 9.78 Å². The molecule has 0 unspecified atom stereocenters. The van der Waals surface area contributed by atoms with Crippen LogP contribution in [0, 0.1) is 6.92 Å². The maximum absolute atomic E-state index is 6.16. The minimum Gasteiger partial charge on any atom is -0.485 e. The quantitative estimate of drug-likeness (QED) is 0.669. The molecule has 2 rings (SSSR count). The molecule has 0 aliphatic rings. The van der Waals surface area contributed by atoms with Crippen molar-refractivity contribution in [2.45, 2.75) is 19.4 Å². The third-order valence-corrected chi connectivity index (χ3v) is 4.66. The van der Waals surface area contributed by atoms with Gasteiger partial charge in [0.1, 0.15) is 12.4 Å². The molecule has 2 aromatic rings. The molecule has 3 nitrogen and oxygen atoms in total. The van der Waals surface area contributed by atoms with E-state index in [9.17, 15) is 0 Å². The van der Waals surface area contributed by atoms with E-state index < -0.39 is 0 Å². The lowest BCUT2D eigenvalue weighted by Gasteiger charge is -2.13. The zero-order valence-electron chi connectivity index (χ0n) is 10.9. The Balaban J connectivity index is 2.27. The fourth-order valence-electron chi connectivity index (χ4n) is 1.85. The Kier molecular flexibility index (Phi) is 5.24. The lowest BCUT2D eigenvalue weighted by atomic mass is 10.2. The van der Waals surface area contributed by atoms with Crippen molar-refractivity contribution in [3.05, 3.63) is 43.6 Å². The lowest BCUT2D eigenvalue weighted by molar-refractivity contribution is 0.292. The Morgan fingerprint density at radius 1 is 1.35 bits per heavy atom. The van der Waals surface area contributed by atoms with E-state index in [2.05, 4.69) is 21.0 Å². The van der Waals surface area contributed by atoms with Crippen LogP contribution < -0.4 is 4.74 Å². The van der Waals surface area contributed by atoms with Crippen LogP contribution in [0.1, 0.15) is 17.0 Å². The second-order valence-electron chi connectivity index (χ2n) is 4.27. The van der Waals surface area contributed by atoms with Crippen molar-refractivity contribution in [2.75, 3.05) is 0 Å². The van der Waals surface area contributed by atoms with Gasteiger partial charge in [-0.1, -0.05) is 23.2 Å². The van der Waals surface area contributed by atoms with E-state index in [0.717, 1.165) is 21.4 Å². The molecule has 0 atom stereocenters. The third kappa shape index (κ3) is 3.25. The number of halogens is 4. The topological polar surface area (TPSA) is 27.1 Å². The van der Waals surface area contributed by atoms with E-state index in [1.807, 2.05) is 14.0 Å². The van der Waals surface area contributed by atoms with Gasteiger partial charge < -0.3 is 4.74 Å². The SMILES string of the molecule is Cc1nn(C)c(COc2c(Cl)cc(Cl)cc2CCl)c1Br. The van der Waals surface area contributed by atoms with Crippen LogP contribution in [0.25, 0.3) is 0 Å². The van der Waals surface area contributed by atoms with Gasteiger partial charge in [0, 0.05) is 17.6 Å². The van der Waals surface area contributed by atoms with E-state index in [0.29, 0.717) is 22.4 Å². The average molecular weight is 399 g/mol. The molecule has 0 aliphatic heterocycles. The molecule has 0 N–H and O–H groups in total. The smallest absolute Gasteiger partial charge is 0.142 e. The Hall–Kier alpha value is -0.420. The number of benzene rings is 1. The Bertz CT molecular complexity index is 643. The number of nitrogens with zero attached hydrogens (tertiary/aromatic N) is 2. The van der Waals surface area contributed by atoms with Crippen LogP contribution in [0.2, 0.25) is 10.0 Å². The highest BCUT2D eigenvalue weighted by Gasteiger charge is 2.14. The molecule has 7 heteroatoms. The first-order valence-corrected chi connectivity index (χ1v) is 7.87. The molecule has 0 saturated heterocycles. The van der Waals surface area contributed by atoms with Gasteiger partial charge in [0.25, 0.3) is 0 Å². The van der Waals surface area contributed by atoms with Crippen LogP contribution in [0.15, 0.2) is 16.6 Å². The first-order chi connectivity index (χ1) is 9.43. The zero-order valence-corrected chi connectivity index (χ0v) is 14.7. The highest BCUT2D eigenvalue weighted by Crippen LogP contribution is 2.34. The van der Waals surface area contributed by atoms with Crippen molar-refractivity contribution in [1.82, 2.24) is 9.78 Å². The Morgan fingerprint density at radius 2 is 2.05 bits per heavy atom. The van der Waals surface area contributed by atoms with Gasteiger partial charge in [0.05, 0.1) is 26.8 Å². The van der Waals surface area contributed by atoms with Gasteiger partial charge in [-0.2, -0.15) is 5.10 Å². The summed E-state index contributed by atoms with van der Waals surface area (Å²) < 4.78 is 8.50. The molecule has 108 valence electrons. The van der Waals surface area contributed by atoms with Crippen LogP contribution in [0.3, 0.4) is 0 Å². The van der Waals surface area contributed by atoms with E-state index >= 15 is 0 Å². The van der Waals surface area contributed by atoms with Gasteiger partial charge >= 0.3 is 0 Å². The maximum atomic E-state index is 6.16. The Morgan fingerprint density at radius 3 is 2.60 bits per heavy atom. The molecule has 0 amide bonds. The molecule has 1 aromatic carbocycles. The third-order valence-electron chi connectivity index (χ3n) is 2.84. The van der Waals surface area contributed by atoms with Gasteiger partial charge in [-0.3, -0.25) is 4.68 Å². The summed E-state index contributed by atoms with van der Waals surface area (Å²) in [4.78, 5) is 0. The van der Waals surface area contributed by atoms with Gasteiger partial charge in [0.2, 0.25) is 0 Å². The van der Waals surface area contributed by atoms with Crippen molar-refractivity contribution < 1.29 is 4.74 Å². The van der Waals surface area contributed by atoms with Crippen LogP contribution in [-0.2, 0) is 19.5 Å². The summed E-state index contributed by atoms with van der Waals surface area (Å²) in [5.41, 5.74) is 2.60. The molecule has 0 bridgehead atoms. The predicted octanol–water partition coefficient (Wildman–Crippen LogP) is 5.12. The number of alkyl halides is 1. The first kappa shape index (κ1) is 16.0. The number of hydrogen-bond donors (Lipinski definition) is 0. The van der Waals surface area contributed by atoms with Gasteiger partial charge in [-0.15, -0.1) is 11.6 Å². The number of aromatic nitrogens is 2. The summed E-state index contributed by atoms with van der Waals surface area (Å²) >= 11 is 21.5. The molecule has 0 fully saturated rings. The van der Waals surface area contributed by atoms with E-state index in [4.69, 9.17) is 39.5 Å². The van der Waals surface area contributed by atoms with Gasteiger partial charge in [-0.05, 0) is 35.0 Å². The van der Waals surface area contributed by atoms with Crippen molar-refractivity contribution in [3.8, 4) is 5.75 Å². The van der Waals surface area contributed by atoms with E-state index in [1.165, 1.54) is 0 Å². The van der Waals surface area contributed by atoms with Gasteiger partial charge in [-0.25, -0.2) is 0 Å². The molecule has 0 saturated carbocycles. The van der Waals surface area contributed by atoms with E-state index in [1.54, 1.807) is 16.8 Å². The molecule has 0 spiro atoms. The summed E-state index contributed by atoms with van der Waals surface area (Å²) in [7, 11) is 1.86. The minimum atomic E-state index is 0.279. The van der Waals surface area contributed by atoms with Gasteiger partial charge in [0.15, 0.2) is 0 Å². The summed E-state index contributed by atoms with van der Waals surface area (Å²) in [6.45, 7) is 2.26. The first-order valence-electron chi connectivity index (χ1n) is 5.78. The highest BCUT2D eigenvalue weighted by atomic mass is 79.9. The lowest BCUT2D eigenvalue weighted by Crippen LogP contribution is -2.05. The fourth-order valence-corrected chi connectivity index (χ4v) is 3.09. The predicted molar refractivity (Wildman–Crippen MR) is 86.0 cm³/mol. The van der Waals surface area contributed by atoms with Crippen molar-refractivity contribution in [3.63, 3.8) is 0 Å². The highest BCUT2D eigenvalue weighted by molar-refractivity contribution is 9.10. The second-order valence-corrected chi connectivity index (χ2v) is 6.17. The van der Waals surface area contributed by atoms with Crippen LogP contribution in [0.5, 0.6) is 5.75 Å². The maximum Gasteiger partial charge on any atom is 0.142 e.